The summed E-state index contributed by atoms with van der Waals surface area (Å²) < 4.78 is 47.5. The number of carbonyl (C=O) groups excluding carboxylic acids is 1. The van der Waals surface area contributed by atoms with Crippen molar-refractivity contribution >= 4 is 45.2 Å². The summed E-state index contributed by atoms with van der Waals surface area (Å²) in [6.07, 6.45) is -1.62. The highest BCUT2D eigenvalue weighted by atomic mass is 35.5. The molecule has 1 atom stereocenters. The molecule has 0 spiro atoms. The van der Waals surface area contributed by atoms with Crippen molar-refractivity contribution in [2.24, 2.45) is 0 Å². The van der Waals surface area contributed by atoms with E-state index in [1.807, 2.05) is 6.07 Å². The van der Waals surface area contributed by atoms with Gasteiger partial charge >= 0.3 is 12.2 Å². The van der Waals surface area contributed by atoms with Crippen molar-refractivity contribution in [1.29, 1.82) is 5.26 Å². The number of methoxy groups -OCH3 is 1. The predicted octanol–water partition coefficient (Wildman–Crippen LogP) is 6.70. The van der Waals surface area contributed by atoms with E-state index in [0.717, 1.165) is 5.39 Å². The lowest BCUT2D eigenvalue weighted by atomic mass is 9.96. The van der Waals surface area contributed by atoms with E-state index < -0.39 is 29.6 Å². The van der Waals surface area contributed by atoms with Gasteiger partial charge in [0.05, 0.1) is 18.5 Å². The Hall–Kier alpha value is -4.27. The van der Waals surface area contributed by atoms with Gasteiger partial charge in [0, 0.05) is 48.1 Å². The molecule has 0 radical (unpaired) electrons. The largest absolute Gasteiger partial charge is 0.468 e. The van der Waals surface area contributed by atoms with E-state index in [-0.39, 0.29) is 55.1 Å². The minimum Gasteiger partial charge on any atom is -0.468 e. The highest BCUT2D eigenvalue weighted by Crippen LogP contribution is 2.40. The van der Waals surface area contributed by atoms with Crippen LogP contribution < -0.4 is 9.64 Å². The molecule has 224 valence electrons. The normalized spacial score (nSPS) is 15.5. The second kappa shape index (κ2) is 12.1. The maximum absolute atomic E-state index is 16.4. The highest BCUT2D eigenvalue weighted by Gasteiger charge is 2.35. The zero-order valence-corrected chi connectivity index (χ0v) is 24.9. The second-order valence-electron chi connectivity index (χ2n) is 11.1. The Morgan fingerprint density at radius 2 is 1.93 bits per heavy atom. The first kappa shape index (κ1) is 30.2. The molecule has 1 aliphatic rings. The molecule has 2 heterocycles. The molecular formula is C31H30ClF2N5O4. The summed E-state index contributed by atoms with van der Waals surface area (Å²) >= 11 is 6.56. The van der Waals surface area contributed by atoms with E-state index in [2.05, 4.69) is 16.0 Å². The molecule has 3 aromatic carbocycles. The number of anilines is 1. The van der Waals surface area contributed by atoms with Crippen LogP contribution >= 0.6 is 11.6 Å². The van der Waals surface area contributed by atoms with Gasteiger partial charge in [0.15, 0.2) is 12.6 Å². The van der Waals surface area contributed by atoms with E-state index in [9.17, 15) is 14.4 Å². The van der Waals surface area contributed by atoms with Crippen LogP contribution in [0.25, 0.3) is 32.8 Å². The van der Waals surface area contributed by atoms with Crippen LogP contribution in [0.3, 0.4) is 0 Å². The molecule has 43 heavy (non-hydrogen) atoms. The van der Waals surface area contributed by atoms with Crippen LogP contribution in [0.15, 0.2) is 42.5 Å². The monoisotopic (exact) mass is 609 g/mol. The number of nitrogens with zero attached hydrogens (tertiary/aromatic N) is 5. The molecule has 0 saturated carbocycles. The number of hydrogen-bond acceptors (Lipinski definition) is 8. The van der Waals surface area contributed by atoms with E-state index in [4.69, 9.17) is 25.8 Å². The zero-order chi connectivity index (χ0) is 30.9. The number of nitriles is 1. The van der Waals surface area contributed by atoms with Crippen molar-refractivity contribution in [2.75, 3.05) is 38.4 Å². The first-order valence-electron chi connectivity index (χ1n) is 13.6. The number of fused-ring (bicyclic) bond motifs is 2. The van der Waals surface area contributed by atoms with E-state index >= 15 is 4.39 Å². The topological polar surface area (TPSA) is 101 Å². The third kappa shape index (κ3) is 6.26. The maximum Gasteiger partial charge on any atom is 0.410 e. The third-order valence-corrected chi connectivity index (χ3v) is 7.34. The first-order chi connectivity index (χ1) is 20.5. The zero-order valence-electron chi connectivity index (χ0n) is 24.2. The van der Waals surface area contributed by atoms with Gasteiger partial charge in [-0.25, -0.2) is 9.18 Å². The summed E-state index contributed by atoms with van der Waals surface area (Å²) in [6.45, 7) is 5.90. The SMILES string of the molecule is COCOc1cc(-c2ccc3c(N4CCN(C(=O)OC(C)(C)C)[C@@H](CC#N)C4)nc(F)nc3c2F)c2c(Cl)cccc2c1. The van der Waals surface area contributed by atoms with Crippen LogP contribution in [-0.4, -0.2) is 66.1 Å². The number of amides is 1. The van der Waals surface area contributed by atoms with E-state index in [0.29, 0.717) is 21.7 Å². The Morgan fingerprint density at radius 1 is 1.14 bits per heavy atom. The number of halogens is 3. The molecule has 4 aromatic rings. The highest BCUT2D eigenvalue weighted by molar-refractivity contribution is 6.36. The average Bonchev–Trinajstić information content (AvgIpc) is 2.95. The molecule has 0 aliphatic carbocycles. The lowest BCUT2D eigenvalue weighted by molar-refractivity contribution is 0.0145. The molecule has 1 aliphatic heterocycles. The number of aromatic nitrogens is 2. The Bertz CT molecular complexity index is 1740. The molecule has 0 bridgehead atoms. The second-order valence-corrected chi connectivity index (χ2v) is 11.5. The van der Waals surface area contributed by atoms with Gasteiger partial charge in [-0.1, -0.05) is 29.8 Å². The fraction of sp³-hybridized carbons (Fsp3) is 0.355. The van der Waals surface area contributed by atoms with Crippen LogP contribution in [0.4, 0.5) is 19.4 Å². The standard InChI is InChI=1S/C31H30ClF2N5O4/c1-31(2,3)43-30(40)39-13-12-38(16-19(39)10-11-35)28-22-9-8-21(26(33)27(22)36-29(34)37-28)23-15-20(42-17-41-4)14-18-6-5-7-24(32)25(18)23/h5-9,14-15,19H,10,12-13,16-17H2,1-4H3/t19-/m0/s1. The lowest BCUT2D eigenvalue weighted by Gasteiger charge is -2.41. The number of benzene rings is 3. The molecule has 1 fully saturated rings. The van der Waals surface area contributed by atoms with Crippen molar-refractivity contribution in [3.05, 3.63) is 59.4 Å². The smallest absolute Gasteiger partial charge is 0.410 e. The van der Waals surface area contributed by atoms with Crippen molar-refractivity contribution in [3.63, 3.8) is 0 Å². The number of ether oxygens (including phenoxy) is 3. The fourth-order valence-corrected chi connectivity index (χ4v) is 5.52. The Labute approximate surface area is 252 Å². The summed E-state index contributed by atoms with van der Waals surface area (Å²) in [7, 11) is 1.49. The van der Waals surface area contributed by atoms with Crippen molar-refractivity contribution in [2.45, 2.75) is 38.8 Å². The summed E-state index contributed by atoms with van der Waals surface area (Å²) in [5.74, 6) is -0.155. The van der Waals surface area contributed by atoms with Crippen LogP contribution in [0.5, 0.6) is 5.75 Å². The summed E-state index contributed by atoms with van der Waals surface area (Å²) in [5, 5.41) is 11.5. The third-order valence-electron chi connectivity index (χ3n) is 7.03. The molecule has 0 N–H and O–H groups in total. The minimum absolute atomic E-state index is 0.0124. The average molecular weight is 610 g/mol. The predicted molar refractivity (Wildman–Crippen MR) is 159 cm³/mol. The first-order valence-corrected chi connectivity index (χ1v) is 14.0. The van der Waals surface area contributed by atoms with Gasteiger partial charge in [-0.2, -0.15) is 19.6 Å². The van der Waals surface area contributed by atoms with Crippen LogP contribution in [0.1, 0.15) is 27.2 Å². The molecule has 9 nitrogen and oxygen atoms in total. The van der Waals surface area contributed by atoms with Crippen LogP contribution in [0, 0.1) is 23.2 Å². The van der Waals surface area contributed by atoms with Gasteiger partial charge in [-0.15, -0.1) is 0 Å². The van der Waals surface area contributed by atoms with Crippen molar-refractivity contribution < 1.29 is 27.8 Å². The Balaban J connectivity index is 1.57. The quantitative estimate of drug-likeness (QED) is 0.176. The molecular weight excluding hydrogens is 580 g/mol. The number of carbonyl (C=O) groups is 1. The van der Waals surface area contributed by atoms with E-state index in [1.165, 1.54) is 12.0 Å². The molecule has 12 heteroatoms. The molecule has 0 unspecified atom stereocenters. The number of hydrogen-bond donors (Lipinski definition) is 0. The maximum atomic E-state index is 16.4. The molecule has 1 saturated heterocycles. The summed E-state index contributed by atoms with van der Waals surface area (Å²) in [5.41, 5.74) is -0.337. The van der Waals surface area contributed by atoms with Crippen LogP contribution in [-0.2, 0) is 9.47 Å². The summed E-state index contributed by atoms with van der Waals surface area (Å²) in [4.78, 5) is 23.9. The Morgan fingerprint density at radius 3 is 2.65 bits per heavy atom. The van der Waals surface area contributed by atoms with Crippen molar-refractivity contribution in [3.8, 4) is 22.9 Å². The summed E-state index contributed by atoms with van der Waals surface area (Å²) in [6, 6.07) is 13.5. The number of piperazine rings is 1. The molecule has 1 aromatic heterocycles. The Kier molecular flexibility index (Phi) is 8.53. The molecule has 1 amide bonds. The molecule has 5 rings (SSSR count). The van der Waals surface area contributed by atoms with Gasteiger partial charge in [0.1, 0.15) is 22.7 Å². The van der Waals surface area contributed by atoms with Gasteiger partial charge < -0.3 is 24.0 Å². The van der Waals surface area contributed by atoms with Crippen LogP contribution in [0.2, 0.25) is 5.02 Å². The van der Waals surface area contributed by atoms with E-state index in [1.54, 1.807) is 62.1 Å². The lowest BCUT2D eigenvalue weighted by Crippen LogP contribution is -2.56. The van der Waals surface area contributed by atoms with Gasteiger partial charge in [-0.3, -0.25) is 0 Å². The van der Waals surface area contributed by atoms with Gasteiger partial charge in [0.25, 0.3) is 0 Å². The fourth-order valence-electron chi connectivity index (χ4n) is 5.23. The minimum atomic E-state index is -1.11. The van der Waals surface area contributed by atoms with Gasteiger partial charge in [0.2, 0.25) is 0 Å². The van der Waals surface area contributed by atoms with Gasteiger partial charge in [-0.05, 0) is 56.0 Å². The van der Waals surface area contributed by atoms with Crippen molar-refractivity contribution in [1.82, 2.24) is 14.9 Å². The number of rotatable bonds is 6.